The second-order valence-electron chi connectivity index (χ2n) is 4.80. The molecule has 7 heteroatoms. The number of likely N-dealkylation sites (tertiary alicyclic amines) is 1. The topological polar surface area (TPSA) is 101 Å². The number of piperidine rings is 1. The lowest BCUT2D eigenvalue weighted by atomic mass is 10.0. The number of amides is 3. The van der Waals surface area contributed by atoms with Crippen LogP contribution in [0.2, 0.25) is 5.02 Å². The molecule has 6 nitrogen and oxygen atoms in total. The zero-order valence-corrected chi connectivity index (χ0v) is 11.7. The van der Waals surface area contributed by atoms with Crippen molar-refractivity contribution in [2.24, 2.45) is 11.5 Å². The summed E-state index contributed by atoms with van der Waals surface area (Å²) in [7, 11) is 0. The molecule has 0 aliphatic carbocycles. The van der Waals surface area contributed by atoms with Crippen molar-refractivity contribution < 1.29 is 9.59 Å². The number of primary amides is 2. The molecule has 1 saturated heterocycles. The molecular weight excluding hydrogens is 280 g/mol. The molecule has 1 aromatic carbocycles. The van der Waals surface area contributed by atoms with E-state index in [4.69, 9.17) is 23.1 Å². The van der Waals surface area contributed by atoms with Crippen LogP contribution in [0.1, 0.15) is 23.2 Å². The van der Waals surface area contributed by atoms with E-state index in [1.54, 1.807) is 23.1 Å². The Bertz CT molecular complexity index is 527. The Kier molecular flexibility index (Phi) is 4.34. The second-order valence-corrected chi connectivity index (χ2v) is 5.21. The first-order valence-corrected chi connectivity index (χ1v) is 6.75. The lowest BCUT2D eigenvalue weighted by Crippen LogP contribution is -2.44. The van der Waals surface area contributed by atoms with Gasteiger partial charge in [-0.25, -0.2) is 4.79 Å². The summed E-state index contributed by atoms with van der Waals surface area (Å²) >= 11 is 5.90. The summed E-state index contributed by atoms with van der Waals surface area (Å²) in [5.41, 5.74) is 11.6. The number of benzene rings is 1. The molecular formula is C13H17ClN4O2. The molecule has 1 fully saturated rings. The highest BCUT2D eigenvalue weighted by molar-refractivity contribution is 6.33. The third-order valence-electron chi connectivity index (χ3n) is 3.41. The zero-order valence-electron chi connectivity index (χ0n) is 10.9. The van der Waals surface area contributed by atoms with Gasteiger partial charge in [-0.2, -0.15) is 0 Å². The Morgan fingerprint density at radius 2 is 1.90 bits per heavy atom. The van der Waals surface area contributed by atoms with Crippen LogP contribution in [0.15, 0.2) is 18.2 Å². The summed E-state index contributed by atoms with van der Waals surface area (Å²) in [5, 5.41) is 3.66. The number of hydrogen-bond donors (Lipinski definition) is 3. The average Bonchev–Trinajstić information content (AvgIpc) is 2.41. The molecule has 3 amide bonds. The molecule has 0 spiro atoms. The molecule has 0 aromatic heterocycles. The fourth-order valence-electron chi connectivity index (χ4n) is 2.28. The lowest BCUT2D eigenvalue weighted by Gasteiger charge is -2.31. The summed E-state index contributed by atoms with van der Waals surface area (Å²) in [4.78, 5) is 23.9. The van der Waals surface area contributed by atoms with Crippen molar-refractivity contribution in [3.63, 3.8) is 0 Å². The van der Waals surface area contributed by atoms with Gasteiger partial charge in [0.05, 0.1) is 10.6 Å². The van der Waals surface area contributed by atoms with Gasteiger partial charge < -0.3 is 21.7 Å². The minimum Gasteiger partial charge on any atom is -0.382 e. The smallest absolute Gasteiger partial charge is 0.314 e. The minimum absolute atomic E-state index is 0.229. The Morgan fingerprint density at radius 3 is 2.45 bits per heavy atom. The monoisotopic (exact) mass is 296 g/mol. The van der Waals surface area contributed by atoms with Gasteiger partial charge in [-0.1, -0.05) is 11.6 Å². The van der Waals surface area contributed by atoms with Gasteiger partial charge in [0.25, 0.3) is 0 Å². The predicted molar refractivity (Wildman–Crippen MR) is 77.8 cm³/mol. The van der Waals surface area contributed by atoms with E-state index in [0.717, 1.165) is 18.5 Å². The lowest BCUT2D eigenvalue weighted by molar-refractivity contribution is 0.100. The highest BCUT2D eigenvalue weighted by atomic mass is 35.5. The van der Waals surface area contributed by atoms with Gasteiger partial charge in [0.2, 0.25) is 5.91 Å². The van der Waals surface area contributed by atoms with Gasteiger partial charge in [-0.05, 0) is 31.0 Å². The summed E-state index contributed by atoms with van der Waals surface area (Å²) in [6.45, 7) is 1.26. The summed E-state index contributed by atoms with van der Waals surface area (Å²) in [5.74, 6) is -0.554. The van der Waals surface area contributed by atoms with E-state index < -0.39 is 5.91 Å². The Hall–Kier alpha value is -1.95. The Balaban J connectivity index is 1.99. The Labute approximate surface area is 122 Å². The van der Waals surface area contributed by atoms with E-state index in [1.165, 1.54) is 0 Å². The van der Waals surface area contributed by atoms with Crippen LogP contribution in [0.25, 0.3) is 0 Å². The maximum absolute atomic E-state index is 11.2. The number of nitrogens with zero attached hydrogens (tertiary/aromatic N) is 1. The number of nitrogens with two attached hydrogens (primary N) is 2. The van der Waals surface area contributed by atoms with Crippen LogP contribution < -0.4 is 16.8 Å². The standard InChI is InChI=1S/C13H17ClN4O2/c14-11-2-1-9(7-10(11)12(15)19)17-8-3-5-18(6-4-8)13(16)20/h1-2,7-8,17H,3-6H2,(H2,15,19)(H2,16,20). The van der Waals surface area contributed by atoms with E-state index in [9.17, 15) is 9.59 Å². The molecule has 1 aliphatic heterocycles. The number of carbonyl (C=O) groups excluding carboxylic acids is 2. The number of urea groups is 1. The van der Waals surface area contributed by atoms with Gasteiger partial charge in [0, 0.05) is 24.8 Å². The van der Waals surface area contributed by atoms with Crippen LogP contribution in [-0.4, -0.2) is 36.0 Å². The summed E-state index contributed by atoms with van der Waals surface area (Å²) in [6.07, 6.45) is 1.61. The van der Waals surface area contributed by atoms with Crippen molar-refractivity contribution in [2.75, 3.05) is 18.4 Å². The number of anilines is 1. The van der Waals surface area contributed by atoms with Crippen LogP contribution in [0.3, 0.4) is 0 Å². The summed E-state index contributed by atoms with van der Waals surface area (Å²) < 4.78 is 0. The molecule has 5 N–H and O–H groups in total. The fraction of sp³-hybridized carbons (Fsp3) is 0.385. The molecule has 0 atom stereocenters. The molecule has 1 aliphatic rings. The van der Waals surface area contributed by atoms with E-state index in [1.807, 2.05) is 0 Å². The molecule has 0 unspecified atom stereocenters. The van der Waals surface area contributed by atoms with Crippen LogP contribution in [0, 0.1) is 0 Å². The molecule has 0 saturated carbocycles. The van der Waals surface area contributed by atoms with Crippen LogP contribution in [0.5, 0.6) is 0 Å². The van der Waals surface area contributed by atoms with Crippen molar-refractivity contribution in [2.45, 2.75) is 18.9 Å². The van der Waals surface area contributed by atoms with Gasteiger partial charge in [0.15, 0.2) is 0 Å². The third kappa shape index (κ3) is 3.33. The highest BCUT2D eigenvalue weighted by Crippen LogP contribution is 2.22. The SMILES string of the molecule is NC(=O)c1cc(NC2CCN(C(N)=O)CC2)ccc1Cl. The molecule has 1 heterocycles. The van der Waals surface area contributed by atoms with Crippen molar-refractivity contribution in [1.29, 1.82) is 0 Å². The average molecular weight is 297 g/mol. The second kappa shape index (κ2) is 6.00. The van der Waals surface area contributed by atoms with Crippen molar-refractivity contribution in [1.82, 2.24) is 4.90 Å². The van der Waals surface area contributed by atoms with Gasteiger partial charge >= 0.3 is 6.03 Å². The molecule has 2 rings (SSSR count). The normalized spacial score (nSPS) is 15.9. The van der Waals surface area contributed by atoms with E-state index in [-0.39, 0.29) is 12.1 Å². The van der Waals surface area contributed by atoms with Crippen LogP contribution in [0.4, 0.5) is 10.5 Å². The molecule has 0 bridgehead atoms. The van der Waals surface area contributed by atoms with Crippen molar-refractivity contribution >= 4 is 29.2 Å². The largest absolute Gasteiger partial charge is 0.382 e. The van der Waals surface area contributed by atoms with Crippen molar-refractivity contribution in [3.05, 3.63) is 28.8 Å². The number of rotatable bonds is 3. The highest BCUT2D eigenvalue weighted by Gasteiger charge is 2.21. The maximum atomic E-state index is 11.2. The van der Waals surface area contributed by atoms with Crippen LogP contribution in [-0.2, 0) is 0 Å². The minimum atomic E-state index is -0.554. The van der Waals surface area contributed by atoms with E-state index in [2.05, 4.69) is 5.32 Å². The predicted octanol–water partition coefficient (Wildman–Crippen LogP) is 1.39. The third-order valence-corrected chi connectivity index (χ3v) is 3.74. The fourth-order valence-corrected chi connectivity index (χ4v) is 2.49. The molecule has 108 valence electrons. The van der Waals surface area contributed by atoms with Gasteiger partial charge in [0.1, 0.15) is 0 Å². The van der Waals surface area contributed by atoms with E-state index in [0.29, 0.717) is 23.7 Å². The summed E-state index contributed by atoms with van der Waals surface area (Å²) in [6, 6.07) is 4.93. The number of hydrogen-bond acceptors (Lipinski definition) is 3. The molecule has 20 heavy (non-hydrogen) atoms. The Morgan fingerprint density at radius 1 is 1.25 bits per heavy atom. The first-order valence-electron chi connectivity index (χ1n) is 6.37. The van der Waals surface area contributed by atoms with E-state index >= 15 is 0 Å². The first-order chi connectivity index (χ1) is 9.47. The van der Waals surface area contributed by atoms with Crippen LogP contribution >= 0.6 is 11.6 Å². The number of nitrogens with one attached hydrogen (secondary N) is 1. The zero-order chi connectivity index (χ0) is 14.7. The maximum Gasteiger partial charge on any atom is 0.314 e. The number of carbonyl (C=O) groups is 2. The molecule has 1 aromatic rings. The quantitative estimate of drug-likeness (QED) is 0.785. The van der Waals surface area contributed by atoms with Crippen molar-refractivity contribution in [3.8, 4) is 0 Å². The van der Waals surface area contributed by atoms with Gasteiger partial charge in [-0.3, -0.25) is 4.79 Å². The number of halogens is 1. The molecule has 0 radical (unpaired) electrons. The van der Waals surface area contributed by atoms with Gasteiger partial charge in [-0.15, -0.1) is 0 Å². The first kappa shape index (κ1) is 14.5.